The van der Waals surface area contributed by atoms with Crippen LogP contribution in [0.25, 0.3) is 0 Å². The van der Waals surface area contributed by atoms with E-state index in [-0.39, 0.29) is 18.1 Å². The van der Waals surface area contributed by atoms with E-state index in [1.807, 2.05) is 6.92 Å². The van der Waals surface area contributed by atoms with Crippen molar-refractivity contribution in [3.05, 3.63) is 23.5 Å². The Morgan fingerprint density at radius 3 is 3.16 bits per heavy atom. The zero-order valence-electron chi connectivity index (χ0n) is 10.9. The van der Waals surface area contributed by atoms with Gasteiger partial charge >= 0.3 is 6.03 Å². The molecule has 0 aliphatic carbocycles. The van der Waals surface area contributed by atoms with E-state index < -0.39 is 0 Å². The zero-order valence-corrected chi connectivity index (χ0v) is 11.7. The molecule has 1 aromatic heterocycles. The van der Waals surface area contributed by atoms with Gasteiger partial charge in [0, 0.05) is 30.4 Å². The van der Waals surface area contributed by atoms with Crippen LogP contribution in [0.3, 0.4) is 0 Å². The highest BCUT2D eigenvalue weighted by Crippen LogP contribution is 2.29. The first-order valence-electron chi connectivity index (χ1n) is 6.31. The Bertz CT molecular complexity index is 469. The van der Waals surface area contributed by atoms with Crippen LogP contribution in [0.1, 0.15) is 19.8 Å². The number of pyridine rings is 1. The number of carbonyl (C=O) groups is 1. The number of rotatable bonds is 2. The Hall–Kier alpha value is -1.33. The number of aromatic nitrogens is 1. The van der Waals surface area contributed by atoms with E-state index in [1.165, 1.54) is 0 Å². The van der Waals surface area contributed by atoms with Crippen LogP contribution in [-0.2, 0) is 0 Å². The molecule has 0 aromatic carbocycles. The van der Waals surface area contributed by atoms with Crippen LogP contribution >= 0.6 is 11.6 Å². The standard InChI is InChI=1S/C13H18ClN3O2/c1-13(9-18)4-2-6-17(8-13)12(19)16-10-3-5-15-11(14)7-10/h3,5,7,18H,2,4,6,8-9H2,1H3,(H,15,16,19). The minimum absolute atomic E-state index is 0.0951. The van der Waals surface area contributed by atoms with E-state index in [0.717, 1.165) is 12.8 Å². The Morgan fingerprint density at radius 2 is 2.47 bits per heavy atom. The van der Waals surface area contributed by atoms with Gasteiger partial charge in [-0.1, -0.05) is 18.5 Å². The lowest BCUT2D eigenvalue weighted by Gasteiger charge is -2.39. The van der Waals surface area contributed by atoms with Crippen molar-refractivity contribution in [1.82, 2.24) is 9.88 Å². The first-order chi connectivity index (χ1) is 9.02. The van der Waals surface area contributed by atoms with Gasteiger partial charge in [0.25, 0.3) is 0 Å². The summed E-state index contributed by atoms with van der Waals surface area (Å²) in [7, 11) is 0. The molecule has 1 aliphatic heterocycles. The molecular weight excluding hydrogens is 266 g/mol. The van der Waals surface area contributed by atoms with Gasteiger partial charge in [-0.3, -0.25) is 0 Å². The lowest BCUT2D eigenvalue weighted by atomic mass is 9.83. The zero-order chi connectivity index (χ0) is 13.9. The second-order valence-electron chi connectivity index (χ2n) is 5.29. The smallest absolute Gasteiger partial charge is 0.321 e. The number of anilines is 1. The van der Waals surface area contributed by atoms with Crippen molar-refractivity contribution in [3.8, 4) is 0 Å². The van der Waals surface area contributed by atoms with Crippen molar-refractivity contribution in [3.63, 3.8) is 0 Å². The SMILES string of the molecule is CC1(CO)CCCN(C(=O)Nc2ccnc(Cl)c2)C1. The Kier molecular flexibility index (Phi) is 4.27. The summed E-state index contributed by atoms with van der Waals surface area (Å²) in [6, 6.07) is 3.13. The lowest BCUT2D eigenvalue weighted by molar-refractivity contribution is 0.0648. The van der Waals surface area contributed by atoms with Crippen LogP contribution < -0.4 is 5.32 Å². The molecule has 0 saturated carbocycles. The average Bonchev–Trinajstić information content (AvgIpc) is 2.39. The number of likely N-dealkylation sites (tertiary alicyclic amines) is 1. The molecule has 6 heteroatoms. The number of nitrogens with one attached hydrogen (secondary N) is 1. The van der Waals surface area contributed by atoms with Crippen LogP contribution in [0.2, 0.25) is 5.15 Å². The van der Waals surface area contributed by atoms with Gasteiger partial charge in [-0.25, -0.2) is 9.78 Å². The third-order valence-electron chi connectivity index (χ3n) is 3.43. The van der Waals surface area contributed by atoms with Gasteiger partial charge in [0.15, 0.2) is 0 Å². The largest absolute Gasteiger partial charge is 0.396 e. The minimum Gasteiger partial charge on any atom is -0.396 e. The highest BCUT2D eigenvalue weighted by atomic mass is 35.5. The third-order valence-corrected chi connectivity index (χ3v) is 3.63. The Balaban J connectivity index is 2.00. The molecule has 2 amide bonds. The summed E-state index contributed by atoms with van der Waals surface area (Å²) in [5.74, 6) is 0. The molecule has 1 atom stereocenters. The normalized spacial score (nSPS) is 23.2. The van der Waals surface area contributed by atoms with Gasteiger partial charge < -0.3 is 15.3 Å². The molecule has 1 saturated heterocycles. The number of aliphatic hydroxyl groups excluding tert-OH is 1. The first-order valence-corrected chi connectivity index (χ1v) is 6.69. The molecule has 1 unspecified atom stereocenters. The number of carbonyl (C=O) groups excluding carboxylic acids is 1. The topological polar surface area (TPSA) is 65.5 Å². The molecule has 104 valence electrons. The van der Waals surface area contributed by atoms with Crippen LogP contribution in [0.15, 0.2) is 18.3 Å². The predicted molar refractivity (Wildman–Crippen MR) is 74.3 cm³/mol. The fourth-order valence-electron chi connectivity index (χ4n) is 2.30. The summed E-state index contributed by atoms with van der Waals surface area (Å²) in [5.41, 5.74) is 0.423. The highest BCUT2D eigenvalue weighted by molar-refractivity contribution is 6.29. The maximum Gasteiger partial charge on any atom is 0.321 e. The third kappa shape index (κ3) is 3.58. The van der Waals surface area contributed by atoms with E-state index >= 15 is 0 Å². The molecule has 2 rings (SSSR count). The van der Waals surface area contributed by atoms with E-state index in [9.17, 15) is 9.90 Å². The molecule has 1 fully saturated rings. The van der Waals surface area contributed by atoms with E-state index in [4.69, 9.17) is 11.6 Å². The van der Waals surface area contributed by atoms with Crippen molar-refractivity contribution in [2.45, 2.75) is 19.8 Å². The predicted octanol–water partition coefficient (Wildman–Crippen LogP) is 2.36. The van der Waals surface area contributed by atoms with Gasteiger partial charge in [0.1, 0.15) is 5.15 Å². The monoisotopic (exact) mass is 283 g/mol. The number of aliphatic hydroxyl groups is 1. The number of nitrogens with zero attached hydrogens (tertiary/aromatic N) is 2. The minimum atomic E-state index is -0.203. The average molecular weight is 284 g/mol. The fourth-order valence-corrected chi connectivity index (χ4v) is 2.47. The molecule has 0 bridgehead atoms. The van der Waals surface area contributed by atoms with Crippen molar-refractivity contribution >= 4 is 23.3 Å². The summed E-state index contributed by atoms with van der Waals surface area (Å²) < 4.78 is 0. The van der Waals surface area contributed by atoms with Gasteiger partial charge in [-0.15, -0.1) is 0 Å². The van der Waals surface area contributed by atoms with Crippen molar-refractivity contribution in [1.29, 1.82) is 0 Å². The second-order valence-corrected chi connectivity index (χ2v) is 5.68. The molecule has 2 N–H and O–H groups in total. The Morgan fingerprint density at radius 1 is 1.68 bits per heavy atom. The van der Waals surface area contributed by atoms with E-state index in [2.05, 4.69) is 10.3 Å². The maximum absolute atomic E-state index is 12.2. The molecular formula is C13H18ClN3O2. The van der Waals surface area contributed by atoms with E-state index in [0.29, 0.717) is 23.9 Å². The van der Waals surface area contributed by atoms with Crippen LogP contribution in [-0.4, -0.2) is 40.7 Å². The number of hydrogen-bond donors (Lipinski definition) is 2. The summed E-state index contributed by atoms with van der Waals surface area (Å²) in [6.07, 6.45) is 3.39. The molecule has 2 heterocycles. The summed E-state index contributed by atoms with van der Waals surface area (Å²) in [4.78, 5) is 17.7. The fraction of sp³-hybridized carbons (Fsp3) is 0.538. The summed E-state index contributed by atoms with van der Waals surface area (Å²) >= 11 is 5.77. The number of urea groups is 1. The molecule has 0 spiro atoms. The van der Waals surface area contributed by atoms with E-state index in [1.54, 1.807) is 23.2 Å². The van der Waals surface area contributed by atoms with Gasteiger partial charge in [-0.05, 0) is 25.0 Å². The molecule has 1 aromatic rings. The molecule has 1 aliphatic rings. The number of halogens is 1. The van der Waals surface area contributed by atoms with Gasteiger partial charge in [0.05, 0.1) is 6.61 Å². The quantitative estimate of drug-likeness (QED) is 0.819. The van der Waals surface area contributed by atoms with Gasteiger partial charge in [-0.2, -0.15) is 0 Å². The molecule has 5 nitrogen and oxygen atoms in total. The van der Waals surface area contributed by atoms with Crippen molar-refractivity contribution in [2.75, 3.05) is 25.0 Å². The van der Waals surface area contributed by atoms with Crippen molar-refractivity contribution in [2.24, 2.45) is 5.41 Å². The number of hydrogen-bond acceptors (Lipinski definition) is 3. The van der Waals surface area contributed by atoms with Crippen molar-refractivity contribution < 1.29 is 9.90 Å². The summed E-state index contributed by atoms with van der Waals surface area (Å²) in [5, 5.41) is 12.5. The first kappa shape index (κ1) is 14.1. The maximum atomic E-state index is 12.2. The highest BCUT2D eigenvalue weighted by Gasteiger charge is 2.32. The number of amides is 2. The van der Waals surface area contributed by atoms with Crippen LogP contribution in [0.5, 0.6) is 0 Å². The van der Waals surface area contributed by atoms with Crippen LogP contribution in [0, 0.1) is 5.41 Å². The second kappa shape index (κ2) is 5.75. The number of piperidine rings is 1. The summed E-state index contributed by atoms with van der Waals surface area (Å²) in [6.45, 7) is 3.36. The van der Waals surface area contributed by atoms with Crippen LogP contribution in [0.4, 0.5) is 10.5 Å². The molecule has 19 heavy (non-hydrogen) atoms. The lowest BCUT2D eigenvalue weighted by Crippen LogP contribution is -2.47. The van der Waals surface area contributed by atoms with Gasteiger partial charge in [0.2, 0.25) is 0 Å². The molecule has 0 radical (unpaired) electrons. The Labute approximate surface area is 117 Å².